The molecule has 0 amide bonds. The number of Topliss-reactive ketones (excluding diaryl/α,β-unsaturated/α-hetero) is 1. The number of nitrogens with zero attached hydrogens (tertiary/aromatic N) is 7. The normalized spacial score (nSPS) is 21.1. The number of piperidine rings is 1. The van der Waals surface area contributed by atoms with Crippen molar-refractivity contribution in [1.29, 1.82) is 0 Å². The second kappa shape index (κ2) is 8.27. The lowest BCUT2D eigenvalue weighted by Gasteiger charge is -2.32. The van der Waals surface area contributed by atoms with E-state index >= 15 is 0 Å². The monoisotopic (exact) mass is 460 g/mol. The third kappa shape index (κ3) is 3.63. The number of ether oxygens (including phenoxy) is 1. The highest BCUT2D eigenvalue weighted by molar-refractivity contribution is 5.95. The summed E-state index contributed by atoms with van der Waals surface area (Å²) in [7, 11) is 1.62. The van der Waals surface area contributed by atoms with Crippen LogP contribution in [0.2, 0.25) is 0 Å². The van der Waals surface area contributed by atoms with Crippen molar-refractivity contribution in [2.24, 2.45) is 5.92 Å². The number of nitrogens with two attached hydrogens (primary N) is 1. The van der Waals surface area contributed by atoms with Crippen LogP contribution in [0.5, 0.6) is 5.75 Å². The van der Waals surface area contributed by atoms with E-state index in [1.807, 2.05) is 29.1 Å². The summed E-state index contributed by atoms with van der Waals surface area (Å²) in [4.78, 5) is 23.4. The number of fused-ring (bicyclic) bond motifs is 3. The predicted molar refractivity (Wildman–Crippen MR) is 128 cm³/mol. The molecule has 0 radical (unpaired) electrons. The summed E-state index contributed by atoms with van der Waals surface area (Å²) >= 11 is 0. The minimum atomic E-state index is 0.185. The number of rotatable bonds is 5. The van der Waals surface area contributed by atoms with Gasteiger partial charge in [-0.1, -0.05) is 6.07 Å². The number of para-hydroxylation sites is 1. The number of benzene rings is 1. The first-order valence-electron chi connectivity index (χ1n) is 11.9. The predicted octanol–water partition coefficient (Wildman–Crippen LogP) is 2.82. The largest absolute Gasteiger partial charge is 0.494 e. The van der Waals surface area contributed by atoms with Gasteiger partial charge in [-0.2, -0.15) is 9.61 Å². The summed E-state index contributed by atoms with van der Waals surface area (Å²) in [6, 6.07) is 5.76. The van der Waals surface area contributed by atoms with Gasteiger partial charge in [-0.25, -0.2) is 9.97 Å². The first-order chi connectivity index (χ1) is 16.6. The van der Waals surface area contributed by atoms with Gasteiger partial charge < -0.3 is 15.4 Å². The highest BCUT2D eigenvalue weighted by atomic mass is 16.5. The lowest BCUT2D eigenvalue weighted by atomic mass is 9.97. The van der Waals surface area contributed by atoms with Crippen LogP contribution in [0, 0.1) is 5.92 Å². The van der Waals surface area contributed by atoms with Crippen LogP contribution in [0.15, 0.2) is 30.6 Å². The number of nitrogen functional groups attached to an aromatic ring is 1. The van der Waals surface area contributed by atoms with Gasteiger partial charge >= 0.3 is 0 Å². The maximum absolute atomic E-state index is 11.6. The summed E-state index contributed by atoms with van der Waals surface area (Å²) in [6.45, 7) is 2.60. The molecule has 6 rings (SSSR count). The minimum Gasteiger partial charge on any atom is -0.494 e. The van der Waals surface area contributed by atoms with Crippen LogP contribution in [0.1, 0.15) is 43.8 Å². The topological polar surface area (TPSA) is 116 Å². The van der Waals surface area contributed by atoms with Gasteiger partial charge in [-0.15, -0.1) is 5.10 Å². The molecule has 2 N–H and O–H groups in total. The fraction of sp³-hybridized carbons (Fsp3) is 0.458. The molecule has 1 aliphatic carbocycles. The Bertz CT molecular complexity index is 1380. The van der Waals surface area contributed by atoms with Gasteiger partial charge in [-0.05, 0) is 37.3 Å². The van der Waals surface area contributed by atoms with E-state index in [0.717, 1.165) is 55.8 Å². The fourth-order valence-electron chi connectivity index (χ4n) is 5.33. The summed E-state index contributed by atoms with van der Waals surface area (Å²) in [6.07, 6.45) is 8.45. The number of anilines is 2. The zero-order valence-corrected chi connectivity index (χ0v) is 19.2. The van der Waals surface area contributed by atoms with E-state index in [1.165, 1.54) is 0 Å². The molecule has 1 saturated carbocycles. The maximum Gasteiger partial charge on any atom is 0.223 e. The quantitative estimate of drug-likeness (QED) is 0.483. The number of carbonyl (C=O) groups is 1. The molecule has 1 aromatic carbocycles. The Labute approximate surface area is 196 Å². The van der Waals surface area contributed by atoms with Crippen molar-refractivity contribution in [1.82, 2.24) is 29.4 Å². The molecule has 3 aromatic heterocycles. The summed E-state index contributed by atoms with van der Waals surface area (Å²) in [5.41, 5.74) is 8.73. The van der Waals surface area contributed by atoms with E-state index in [-0.39, 0.29) is 5.92 Å². The van der Waals surface area contributed by atoms with Crippen molar-refractivity contribution in [2.45, 2.75) is 44.6 Å². The molecule has 2 aliphatic rings. The summed E-state index contributed by atoms with van der Waals surface area (Å²) in [5, 5.41) is 10.2. The van der Waals surface area contributed by atoms with Gasteiger partial charge in [0, 0.05) is 50.0 Å². The Morgan fingerprint density at radius 2 is 2.15 bits per heavy atom. The van der Waals surface area contributed by atoms with Crippen LogP contribution in [0.25, 0.3) is 16.6 Å². The highest BCUT2D eigenvalue weighted by Crippen LogP contribution is 2.32. The van der Waals surface area contributed by atoms with E-state index in [1.54, 1.807) is 11.6 Å². The van der Waals surface area contributed by atoms with E-state index in [4.69, 9.17) is 20.6 Å². The van der Waals surface area contributed by atoms with Crippen LogP contribution in [0.4, 0.5) is 11.6 Å². The summed E-state index contributed by atoms with van der Waals surface area (Å²) in [5.74, 6) is 2.71. The number of hydrogen-bond acceptors (Lipinski definition) is 8. The van der Waals surface area contributed by atoms with Crippen molar-refractivity contribution >= 4 is 34.0 Å². The van der Waals surface area contributed by atoms with Crippen LogP contribution in [-0.4, -0.2) is 55.3 Å². The van der Waals surface area contributed by atoms with Crippen molar-refractivity contribution in [2.75, 3.05) is 30.8 Å². The first kappa shape index (κ1) is 20.9. The van der Waals surface area contributed by atoms with Gasteiger partial charge in [0.05, 0.1) is 19.0 Å². The van der Waals surface area contributed by atoms with Gasteiger partial charge in [0.2, 0.25) is 5.95 Å². The lowest BCUT2D eigenvalue weighted by Crippen LogP contribution is -2.34. The molecule has 0 bridgehead atoms. The van der Waals surface area contributed by atoms with Crippen LogP contribution < -0.4 is 15.4 Å². The molecule has 4 aromatic rings. The van der Waals surface area contributed by atoms with Crippen molar-refractivity contribution in [3.63, 3.8) is 0 Å². The molecule has 10 heteroatoms. The van der Waals surface area contributed by atoms with Crippen molar-refractivity contribution in [3.05, 3.63) is 36.4 Å². The number of hydrogen-bond donors (Lipinski definition) is 1. The maximum atomic E-state index is 11.6. The molecule has 0 spiro atoms. The van der Waals surface area contributed by atoms with Gasteiger partial charge in [0.1, 0.15) is 17.0 Å². The Balaban J connectivity index is 1.25. The van der Waals surface area contributed by atoms with E-state index in [2.05, 4.69) is 21.2 Å². The molecule has 2 fully saturated rings. The SMILES string of the molecule is COc1cccc2c1nc(N)n1nc([C@@H]3CCCN(c4cnn(CC5CCC(=O)C5)c4)C3)nc21. The lowest BCUT2D eigenvalue weighted by molar-refractivity contribution is -0.117. The first-order valence-corrected chi connectivity index (χ1v) is 11.9. The van der Waals surface area contributed by atoms with Crippen LogP contribution in [0.3, 0.4) is 0 Å². The molecule has 2 atom stereocenters. The molecule has 1 unspecified atom stereocenters. The Morgan fingerprint density at radius 1 is 1.24 bits per heavy atom. The third-order valence-electron chi connectivity index (χ3n) is 7.09. The highest BCUT2D eigenvalue weighted by Gasteiger charge is 2.27. The molecule has 10 nitrogen and oxygen atoms in total. The van der Waals surface area contributed by atoms with Crippen molar-refractivity contribution < 1.29 is 9.53 Å². The average molecular weight is 461 g/mol. The molecule has 1 aliphatic heterocycles. The van der Waals surface area contributed by atoms with Gasteiger partial charge in [0.25, 0.3) is 0 Å². The molecule has 34 heavy (non-hydrogen) atoms. The van der Waals surface area contributed by atoms with Crippen LogP contribution in [-0.2, 0) is 11.3 Å². The minimum absolute atomic E-state index is 0.185. The van der Waals surface area contributed by atoms with Gasteiger partial charge in [0.15, 0.2) is 11.5 Å². The second-order valence-corrected chi connectivity index (χ2v) is 9.39. The third-order valence-corrected chi connectivity index (χ3v) is 7.09. The fourth-order valence-corrected chi connectivity index (χ4v) is 5.33. The van der Waals surface area contributed by atoms with Gasteiger partial charge in [-0.3, -0.25) is 9.48 Å². The Hall–Kier alpha value is -3.69. The van der Waals surface area contributed by atoms with Crippen molar-refractivity contribution in [3.8, 4) is 5.75 Å². The average Bonchev–Trinajstić information content (AvgIpc) is 3.59. The summed E-state index contributed by atoms with van der Waals surface area (Å²) < 4.78 is 9.08. The number of ketones is 1. The molecular weight excluding hydrogens is 432 g/mol. The van der Waals surface area contributed by atoms with E-state index in [0.29, 0.717) is 47.4 Å². The standard InChI is InChI=1S/C24H28N8O2/c1-34-20-6-2-5-19-21(20)27-24(25)32-23(19)28-22(29-32)16-4-3-9-30(13-16)17-11-26-31(14-17)12-15-7-8-18(33)10-15/h2,5-6,11,14-16H,3-4,7-10,12-13H2,1H3,(H2,25,27)/t15?,16-/m1/s1. The van der Waals surface area contributed by atoms with Crippen LogP contribution >= 0.6 is 0 Å². The number of methoxy groups -OCH3 is 1. The number of aromatic nitrogens is 6. The zero-order valence-electron chi connectivity index (χ0n) is 19.2. The van der Waals surface area contributed by atoms with E-state index in [9.17, 15) is 4.79 Å². The molecule has 176 valence electrons. The second-order valence-electron chi connectivity index (χ2n) is 9.39. The van der Waals surface area contributed by atoms with E-state index < -0.39 is 0 Å². The Kier molecular flexibility index (Phi) is 5.08. The smallest absolute Gasteiger partial charge is 0.223 e. The molecule has 4 heterocycles. The number of carbonyl (C=O) groups excluding carboxylic acids is 1. The molecular formula is C24H28N8O2. The molecule has 1 saturated heterocycles. The zero-order chi connectivity index (χ0) is 23.2. The Morgan fingerprint density at radius 3 is 2.97 bits per heavy atom.